The first kappa shape index (κ1) is 13.9. The van der Waals surface area contributed by atoms with Crippen LogP contribution in [-0.4, -0.2) is 32.2 Å². The summed E-state index contributed by atoms with van der Waals surface area (Å²) in [6.07, 6.45) is 5.58. The molecule has 2 atom stereocenters. The van der Waals surface area contributed by atoms with Gasteiger partial charge >= 0.3 is 0 Å². The molecule has 2 nitrogen and oxygen atoms in total. The number of nitrogens with one attached hydrogen (secondary N) is 1. The van der Waals surface area contributed by atoms with Crippen molar-refractivity contribution in [1.29, 1.82) is 0 Å². The van der Waals surface area contributed by atoms with E-state index in [0.29, 0.717) is 0 Å². The molecular weight excluding hydrogens is 251 g/mol. The van der Waals surface area contributed by atoms with E-state index in [4.69, 9.17) is 0 Å². The fraction of sp³-hybridized carbons (Fsp3) is 0.647. The van der Waals surface area contributed by atoms with Crippen molar-refractivity contribution >= 4 is 5.69 Å². The molecule has 0 amide bonds. The number of benzene rings is 1. The van der Waals surface area contributed by atoms with E-state index in [0.717, 1.165) is 43.8 Å². The van der Waals surface area contributed by atoms with Gasteiger partial charge in [-0.3, -0.25) is 0 Å². The van der Waals surface area contributed by atoms with Gasteiger partial charge in [0.05, 0.1) is 37.9 Å². The molecule has 3 heteroatoms. The number of anilines is 1. The van der Waals surface area contributed by atoms with E-state index in [1.807, 2.05) is 12.1 Å². The zero-order valence-electron chi connectivity index (χ0n) is 12.4. The third kappa shape index (κ3) is 2.98. The Morgan fingerprint density at radius 3 is 2.60 bits per heavy atom. The summed E-state index contributed by atoms with van der Waals surface area (Å²) in [7, 11) is 0. The second-order valence-corrected chi connectivity index (χ2v) is 6.57. The SMILES string of the molecule is C[C@H]1CCC[C@@H]([NH+]2CCN(c3ccccc3F)CC2)C1. The predicted molar refractivity (Wildman–Crippen MR) is 80.7 cm³/mol. The number of nitrogens with zero attached hydrogens (tertiary/aromatic N) is 1. The second kappa shape index (κ2) is 6.13. The van der Waals surface area contributed by atoms with Gasteiger partial charge in [0.25, 0.3) is 0 Å². The Bertz CT molecular complexity index is 440. The van der Waals surface area contributed by atoms with E-state index in [-0.39, 0.29) is 5.82 Å². The molecule has 2 fully saturated rings. The van der Waals surface area contributed by atoms with Crippen LogP contribution in [0.25, 0.3) is 0 Å². The molecule has 3 rings (SSSR count). The van der Waals surface area contributed by atoms with Gasteiger partial charge in [0.2, 0.25) is 0 Å². The maximum atomic E-state index is 13.8. The first-order valence-corrected chi connectivity index (χ1v) is 8.08. The molecule has 20 heavy (non-hydrogen) atoms. The molecule has 1 aliphatic heterocycles. The Kier molecular flexibility index (Phi) is 4.25. The highest BCUT2D eigenvalue weighted by Crippen LogP contribution is 2.23. The number of hydrogen-bond donors (Lipinski definition) is 1. The fourth-order valence-corrected chi connectivity index (χ4v) is 3.96. The lowest BCUT2D eigenvalue weighted by Gasteiger charge is -2.40. The van der Waals surface area contributed by atoms with Gasteiger partial charge in [-0.25, -0.2) is 4.39 Å². The van der Waals surface area contributed by atoms with Gasteiger partial charge < -0.3 is 9.80 Å². The smallest absolute Gasteiger partial charge is 0.146 e. The van der Waals surface area contributed by atoms with Crippen LogP contribution >= 0.6 is 0 Å². The molecule has 0 aromatic heterocycles. The first-order valence-electron chi connectivity index (χ1n) is 8.08. The third-order valence-electron chi connectivity index (χ3n) is 5.11. The average molecular weight is 277 g/mol. The van der Waals surface area contributed by atoms with Gasteiger partial charge in [-0.1, -0.05) is 25.5 Å². The highest BCUT2D eigenvalue weighted by molar-refractivity contribution is 5.47. The minimum absolute atomic E-state index is 0.0813. The van der Waals surface area contributed by atoms with Gasteiger partial charge in [-0.2, -0.15) is 0 Å². The van der Waals surface area contributed by atoms with Gasteiger partial charge in [0.1, 0.15) is 5.82 Å². The van der Waals surface area contributed by atoms with Crippen LogP contribution in [-0.2, 0) is 0 Å². The zero-order chi connectivity index (χ0) is 13.9. The summed E-state index contributed by atoms with van der Waals surface area (Å²) in [4.78, 5) is 3.97. The average Bonchev–Trinajstić information content (AvgIpc) is 2.48. The molecule has 0 bridgehead atoms. The summed E-state index contributed by atoms with van der Waals surface area (Å²) in [6, 6.07) is 8.02. The Morgan fingerprint density at radius 1 is 1.15 bits per heavy atom. The summed E-state index contributed by atoms with van der Waals surface area (Å²) in [6.45, 7) is 6.68. The Morgan fingerprint density at radius 2 is 1.90 bits per heavy atom. The second-order valence-electron chi connectivity index (χ2n) is 6.57. The highest BCUT2D eigenvalue weighted by Gasteiger charge is 2.31. The van der Waals surface area contributed by atoms with Crippen LogP contribution in [0.3, 0.4) is 0 Å². The van der Waals surface area contributed by atoms with Crippen molar-refractivity contribution in [3.63, 3.8) is 0 Å². The maximum absolute atomic E-state index is 13.8. The number of hydrogen-bond acceptors (Lipinski definition) is 1. The van der Waals surface area contributed by atoms with Crippen molar-refractivity contribution in [3.05, 3.63) is 30.1 Å². The van der Waals surface area contributed by atoms with Crippen LogP contribution in [0.5, 0.6) is 0 Å². The molecule has 1 heterocycles. The summed E-state index contributed by atoms with van der Waals surface area (Å²) in [5.41, 5.74) is 0.781. The molecule has 1 saturated heterocycles. The lowest BCUT2D eigenvalue weighted by Crippen LogP contribution is -3.18. The number of halogens is 1. The van der Waals surface area contributed by atoms with Crippen LogP contribution < -0.4 is 9.80 Å². The van der Waals surface area contributed by atoms with E-state index >= 15 is 0 Å². The summed E-state index contributed by atoms with van der Waals surface area (Å²) in [5, 5.41) is 0. The van der Waals surface area contributed by atoms with E-state index in [1.54, 1.807) is 17.0 Å². The number of quaternary nitrogens is 1. The molecule has 1 aromatic rings. The van der Waals surface area contributed by atoms with Gasteiger partial charge in [0, 0.05) is 6.42 Å². The summed E-state index contributed by atoms with van der Waals surface area (Å²) < 4.78 is 13.8. The number of para-hydroxylation sites is 1. The monoisotopic (exact) mass is 277 g/mol. The van der Waals surface area contributed by atoms with Gasteiger partial charge in [-0.05, 0) is 30.9 Å². The molecule has 1 saturated carbocycles. The van der Waals surface area contributed by atoms with Crippen LogP contribution in [0.4, 0.5) is 10.1 Å². The lowest BCUT2D eigenvalue weighted by atomic mass is 9.86. The van der Waals surface area contributed by atoms with E-state index < -0.39 is 0 Å². The standard InChI is InChI=1S/C17H25FN2/c1-14-5-4-6-15(13-14)19-9-11-20(12-10-19)17-8-3-2-7-16(17)18/h2-3,7-8,14-15H,4-6,9-13H2,1H3/p+1/t14-,15+/m0/s1. The van der Waals surface area contributed by atoms with E-state index in [9.17, 15) is 4.39 Å². The van der Waals surface area contributed by atoms with Crippen molar-refractivity contribution < 1.29 is 9.29 Å². The molecule has 1 aromatic carbocycles. The topological polar surface area (TPSA) is 7.68 Å². The Hall–Kier alpha value is -1.09. The van der Waals surface area contributed by atoms with Crippen molar-refractivity contribution in [2.45, 2.75) is 38.6 Å². The molecule has 1 aliphatic carbocycles. The number of rotatable bonds is 2. The van der Waals surface area contributed by atoms with Crippen molar-refractivity contribution in [2.75, 3.05) is 31.1 Å². The highest BCUT2D eigenvalue weighted by atomic mass is 19.1. The van der Waals surface area contributed by atoms with E-state index in [1.165, 1.54) is 25.7 Å². The molecule has 1 N–H and O–H groups in total. The van der Waals surface area contributed by atoms with Crippen LogP contribution in [0.2, 0.25) is 0 Å². The van der Waals surface area contributed by atoms with Crippen molar-refractivity contribution in [3.8, 4) is 0 Å². The van der Waals surface area contributed by atoms with Crippen molar-refractivity contribution in [2.24, 2.45) is 5.92 Å². The van der Waals surface area contributed by atoms with Gasteiger partial charge in [0.15, 0.2) is 0 Å². The normalized spacial score (nSPS) is 28.6. The van der Waals surface area contributed by atoms with Crippen molar-refractivity contribution in [1.82, 2.24) is 0 Å². The molecule has 110 valence electrons. The van der Waals surface area contributed by atoms with Crippen LogP contribution in [0.1, 0.15) is 32.6 Å². The fourth-order valence-electron chi connectivity index (χ4n) is 3.96. The summed E-state index contributed by atoms with van der Waals surface area (Å²) in [5.74, 6) is 0.813. The zero-order valence-corrected chi connectivity index (χ0v) is 12.4. The van der Waals surface area contributed by atoms with Gasteiger partial charge in [-0.15, -0.1) is 0 Å². The minimum Gasteiger partial charge on any atom is -0.358 e. The third-order valence-corrected chi connectivity index (χ3v) is 5.11. The molecule has 2 aliphatic rings. The summed E-state index contributed by atoms with van der Waals surface area (Å²) >= 11 is 0. The predicted octanol–water partition coefficient (Wildman–Crippen LogP) is 2.11. The van der Waals surface area contributed by atoms with E-state index in [2.05, 4.69) is 11.8 Å². The molecular formula is C17H26FN2+. The lowest BCUT2D eigenvalue weighted by molar-refractivity contribution is -0.927. The molecule has 0 radical (unpaired) electrons. The largest absolute Gasteiger partial charge is 0.358 e. The molecule has 0 unspecified atom stereocenters. The molecule has 0 spiro atoms. The quantitative estimate of drug-likeness (QED) is 0.870. The first-order chi connectivity index (χ1) is 9.74. The number of piperazine rings is 1. The minimum atomic E-state index is -0.0813. The van der Waals surface area contributed by atoms with Crippen LogP contribution in [0.15, 0.2) is 24.3 Å². The Labute approximate surface area is 121 Å². The maximum Gasteiger partial charge on any atom is 0.146 e. The Balaban J connectivity index is 1.58. The van der Waals surface area contributed by atoms with Crippen LogP contribution in [0, 0.1) is 11.7 Å².